The van der Waals surface area contributed by atoms with E-state index in [9.17, 15) is 0 Å². The summed E-state index contributed by atoms with van der Waals surface area (Å²) in [7, 11) is 0. The van der Waals surface area contributed by atoms with Gasteiger partial charge in [-0.1, -0.05) is 34.6 Å². The van der Waals surface area contributed by atoms with Crippen molar-refractivity contribution < 1.29 is 0 Å². The minimum Gasteiger partial charge on any atom is -0.316 e. The summed E-state index contributed by atoms with van der Waals surface area (Å²) < 4.78 is 0. The van der Waals surface area contributed by atoms with E-state index in [-0.39, 0.29) is 0 Å². The van der Waals surface area contributed by atoms with Crippen LogP contribution in [0.2, 0.25) is 0 Å². The molecule has 1 heterocycles. The SMILES string of the molecule is CCNCC(C)(C)CN1CCN(CC(C)C)CC1. The first kappa shape index (κ1) is 15.9. The van der Waals surface area contributed by atoms with Gasteiger partial charge in [-0.25, -0.2) is 0 Å². The highest BCUT2D eigenvalue weighted by Crippen LogP contribution is 2.17. The van der Waals surface area contributed by atoms with Crippen LogP contribution in [0.4, 0.5) is 0 Å². The van der Waals surface area contributed by atoms with Gasteiger partial charge in [0.2, 0.25) is 0 Å². The third kappa shape index (κ3) is 6.17. The topological polar surface area (TPSA) is 18.5 Å². The van der Waals surface area contributed by atoms with Crippen molar-refractivity contribution in [3.8, 4) is 0 Å². The predicted molar refractivity (Wildman–Crippen MR) is 80.0 cm³/mol. The molecule has 1 aliphatic heterocycles. The molecule has 108 valence electrons. The molecule has 0 saturated carbocycles. The molecule has 0 aromatic heterocycles. The van der Waals surface area contributed by atoms with Gasteiger partial charge < -0.3 is 15.1 Å². The molecule has 0 atom stereocenters. The van der Waals surface area contributed by atoms with Crippen molar-refractivity contribution in [2.45, 2.75) is 34.6 Å². The Bertz CT molecular complexity index is 218. The first-order chi connectivity index (χ1) is 8.43. The first-order valence-electron chi connectivity index (χ1n) is 7.58. The summed E-state index contributed by atoms with van der Waals surface area (Å²) in [4.78, 5) is 5.24. The van der Waals surface area contributed by atoms with Gasteiger partial charge in [0.05, 0.1) is 0 Å². The highest BCUT2D eigenvalue weighted by Gasteiger charge is 2.24. The zero-order valence-corrected chi connectivity index (χ0v) is 13.1. The van der Waals surface area contributed by atoms with Gasteiger partial charge in [0, 0.05) is 45.8 Å². The molecule has 18 heavy (non-hydrogen) atoms. The average Bonchev–Trinajstić information content (AvgIpc) is 2.28. The van der Waals surface area contributed by atoms with Crippen LogP contribution in [-0.2, 0) is 0 Å². The summed E-state index contributed by atoms with van der Waals surface area (Å²) in [6.07, 6.45) is 0. The van der Waals surface area contributed by atoms with Gasteiger partial charge in [-0.2, -0.15) is 0 Å². The van der Waals surface area contributed by atoms with Gasteiger partial charge >= 0.3 is 0 Å². The summed E-state index contributed by atoms with van der Waals surface area (Å²) in [6.45, 7) is 21.2. The highest BCUT2D eigenvalue weighted by atomic mass is 15.3. The van der Waals surface area contributed by atoms with E-state index < -0.39 is 0 Å². The second-order valence-corrected chi connectivity index (χ2v) is 6.92. The van der Waals surface area contributed by atoms with Crippen LogP contribution in [0.25, 0.3) is 0 Å². The fraction of sp³-hybridized carbons (Fsp3) is 1.00. The molecular weight excluding hydrogens is 222 g/mol. The number of hydrogen-bond acceptors (Lipinski definition) is 3. The first-order valence-corrected chi connectivity index (χ1v) is 7.58. The second-order valence-electron chi connectivity index (χ2n) is 6.92. The Morgan fingerprint density at radius 3 is 2.11 bits per heavy atom. The maximum Gasteiger partial charge on any atom is 0.0110 e. The smallest absolute Gasteiger partial charge is 0.0110 e. The van der Waals surface area contributed by atoms with Gasteiger partial charge in [-0.15, -0.1) is 0 Å². The van der Waals surface area contributed by atoms with E-state index in [4.69, 9.17) is 0 Å². The van der Waals surface area contributed by atoms with Crippen molar-refractivity contribution in [1.29, 1.82) is 0 Å². The maximum absolute atomic E-state index is 3.48. The number of nitrogens with zero attached hydrogens (tertiary/aromatic N) is 2. The number of nitrogens with one attached hydrogen (secondary N) is 1. The lowest BCUT2D eigenvalue weighted by molar-refractivity contribution is 0.0902. The molecule has 0 amide bonds. The van der Waals surface area contributed by atoms with Crippen LogP contribution in [-0.4, -0.2) is 62.2 Å². The molecule has 1 aliphatic rings. The number of hydrogen-bond donors (Lipinski definition) is 1. The fourth-order valence-corrected chi connectivity index (χ4v) is 2.77. The van der Waals surface area contributed by atoms with Gasteiger partial charge in [0.1, 0.15) is 0 Å². The van der Waals surface area contributed by atoms with E-state index in [1.807, 2.05) is 0 Å². The Kier molecular flexibility index (Phi) is 6.61. The fourth-order valence-electron chi connectivity index (χ4n) is 2.77. The summed E-state index contributed by atoms with van der Waals surface area (Å²) >= 11 is 0. The van der Waals surface area contributed by atoms with Crippen molar-refractivity contribution >= 4 is 0 Å². The quantitative estimate of drug-likeness (QED) is 0.749. The normalized spacial score (nSPS) is 19.7. The molecule has 1 rings (SSSR count). The van der Waals surface area contributed by atoms with E-state index in [1.54, 1.807) is 0 Å². The van der Waals surface area contributed by atoms with Crippen LogP contribution < -0.4 is 5.32 Å². The third-order valence-corrected chi connectivity index (χ3v) is 3.59. The van der Waals surface area contributed by atoms with Gasteiger partial charge in [-0.05, 0) is 17.9 Å². The number of rotatable bonds is 7. The van der Waals surface area contributed by atoms with E-state index in [0.29, 0.717) is 5.41 Å². The van der Waals surface area contributed by atoms with Crippen LogP contribution in [0.3, 0.4) is 0 Å². The molecule has 1 N–H and O–H groups in total. The van der Waals surface area contributed by atoms with Crippen LogP contribution in [0.15, 0.2) is 0 Å². The Hall–Kier alpha value is -0.120. The molecule has 3 nitrogen and oxygen atoms in total. The lowest BCUT2D eigenvalue weighted by Crippen LogP contribution is -2.51. The average molecular weight is 255 g/mol. The standard InChI is InChI=1S/C15H33N3/c1-6-16-12-15(4,5)13-18-9-7-17(8-10-18)11-14(2)3/h14,16H,6-13H2,1-5H3. The van der Waals surface area contributed by atoms with Crippen molar-refractivity contribution in [1.82, 2.24) is 15.1 Å². The zero-order valence-electron chi connectivity index (χ0n) is 13.1. The van der Waals surface area contributed by atoms with Crippen LogP contribution >= 0.6 is 0 Å². The van der Waals surface area contributed by atoms with Gasteiger partial charge in [-0.3, -0.25) is 0 Å². The molecule has 0 aromatic rings. The van der Waals surface area contributed by atoms with Crippen molar-refractivity contribution in [2.75, 3.05) is 52.4 Å². The Morgan fingerprint density at radius 1 is 1.06 bits per heavy atom. The molecule has 0 aromatic carbocycles. The Labute approximate surface area is 114 Å². The maximum atomic E-state index is 3.48. The molecule has 0 spiro atoms. The summed E-state index contributed by atoms with van der Waals surface area (Å²) in [5, 5.41) is 3.48. The summed E-state index contributed by atoms with van der Waals surface area (Å²) in [6, 6.07) is 0. The Morgan fingerprint density at radius 2 is 1.61 bits per heavy atom. The largest absolute Gasteiger partial charge is 0.316 e. The van der Waals surface area contributed by atoms with Crippen LogP contribution in [0.5, 0.6) is 0 Å². The minimum atomic E-state index is 0.385. The molecule has 1 saturated heterocycles. The van der Waals surface area contributed by atoms with E-state index >= 15 is 0 Å². The zero-order chi connectivity index (χ0) is 13.6. The van der Waals surface area contributed by atoms with Crippen LogP contribution in [0, 0.1) is 11.3 Å². The summed E-state index contributed by atoms with van der Waals surface area (Å²) in [5.41, 5.74) is 0.385. The third-order valence-electron chi connectivity index (χ3n) is 3.59. The summed E-state index contributed by atoms with van der Waals surface area (Å²) in [5.74, 6) is 0.793. The van der Waals surface area contributed by atoms with Gasteiger partial charge in [0.25, 0.3) is 0 Å². The van der Waals surface area contributed by atoms with E-state index in [1.165, 1.54) is 39.3 Å². The molecule has 0 bridgehead atoms. The van der Waals surface area contributed by atoms with Gasteiger partial charge in [0.15, 0.2) is 0 Å². The number of piperazine rings is 1. The second kappa shape index (κ2) is 7.46. The Balaban J connectivity index is 2.26. The minimum absolute atomic E-state index is 0.385. The van der Waals surface area contributed by atoms with E-state index in [2.05, 4.69) is 49.7 Å². The van der Waals surface area contributed by atoms with Crippen LogP contribution in [0.1, 0.15) is 34.6 Å². The molecule has 0 unspecified atom stereocenters. The molecular formula is C15H33N3. The van der Waals surface area contributed by atoms with Crippen molar-refractivity contribution in [3.63, 3.8) is 0 Å². The molecule has 0 aliphatic carbocycles. The molecule has 3 heteroatoms. The molecule has 0 radical (unpaired) electrons. The predicted octanol–water partition coefficient (Wildman–Crippen LogP) is 1.90. The van der Waals surface area contributed by atoms with E-state index in [0.717, 1.165) is 19.0 Å². The lowest BCUT2D eigenvalue weighted by atomic mass is 9.92. The monoisotopic (exact) mass is 255 g/mol. The lowest BCUT2D eigenvalue weighted by Gasteiger charge is -2.39. The van der Waals surface area contributed by atoms with Crippen molar-refractivity contribution in [2.24, 2.45) is 11.3 Å². The molecule has 1 fully saturated rings. The van der Waals surface area contributed by atoms with Crippen molar-refractivity contribution in [3.05, 3.63) is 0 Å². The highest BCUT2D eigenvalue weighted by molar-refractivity contribution is 4.80.